The van der Waals surface area contributed by atoms with E-state index in [4.69, 9.17) is 4.74 Å². The zero-order valence-electron chi connectivity index (χ0n) is 14.4. The van der Waals surface area contributed by atoms with Crippen molar-refractivity contribution in [3.8, 4) is 5.75 Å². The van der Waals surface area contributed by atoms with Gasteiger partial charge in [-0.25, -0.2) is 4.98 Å². The third-order valence-electron chi connectivity index (χ3n) is 3.79. The van der Waals surface area contributed by atoms with Gasteiger partial charge in [-0.1, -0.05) is 12.1 Å². The number of rotatable bonds is 6. The molecule has 1 amide bonds. The number of carbonyl (C=O) groups excluding carboxylic acids is 1. The second kappa shape index (κ2) is 7.65. The highest BCUT2D eigenvalue weighted by molar-refractivity contribution is 5.92. The van der Waals surface area contributed by atoms with Crippen LogP contribution in [-0.4, -0.2) is 27.0 Å². The van der Waals surface area contributed by atoms with Gasteiger partial charge in [0.25, 0.3) is 11.2 Å². The number of hydrogen-bond acceptors (Lipinski definition) is 6. The number of anilines is 1. The molecule has 0 atom stereocenters. The minimum Gasteiger partial charge on any atom is -0.492 e. The first-order chi connectivity index (χ1) is 13.0. The number of fused-ring (bicyclic) bond motifs is 1. The third kappa shape index (κ3) is 3.92. The van der Waals surface area contributed by atoms with Crippen molar-refractivity contribution in [3.63, 3.8) is 0 Å². The molecule has 0 aliphatic carbocycles. The van der Waals surface area contributed by atoms with Gasteiger partial charge in [-0.3, -0.25) is 24.3 Å². The van der Waals surface area contributed by atoms with Crippen LogP contribution in [-0.2, 0) is 11.3 Å². The van der Waals surface area contributed by atoms with Crippen molar-refractivity contribution in [2.24, 2.45) is 0 Å². The van der Waals surface area contributed by atoms with Gasteiger partial charge in [-0.05, 0) is 25.1 Å². The van der Waals surface area contributed by atoms with Gasteiger partial charge in [0, 0.05) is 12.1 Å². The van der Waals surface area contributed by atoms with Gasteiger partial charge in [0.2, 0.25) is 5.91 Å². The Hall–Kier alpha value is -3.75. The van der Waals surface area contributed by atoms with Crippen molar-refractivity contribution in [2.45, 2.75) is 13.5 Å². The number of non-ortho nitro benzene ring substituents is 1. The summed E-state index contributed by atoms with van der Waals surface area (Å²) in [6.45, 7) is 1.99. The van der Waals surface area contributed by atoms with Crippen LogP contribution in [0.5, 0.6) is 5.75 Å². The minimum atomic E-state index is -0.590. The third-order valence-corrected chi connectivity index (χ3v) is 3.79. The highest BCUT2D eigenvalue weighted by Gasteiger charge is 2.13. The van der Waals surface area contributed by atoms with E-state index in [-0.39, 0.29) is 17.6 Å². The number of ether oxygens (including phenoxy) is 1. The molecule has 0 aliphatic rings. The maximum absolute atomic E-state index is 12.6. The van der Waals surface area contributed by atoms with Crippen LogP contribution in [0, 0.1) is 10.1 Å². The predicted octanol–water partition coefficient (Wildman–Crippen LogP) is 2.34. The van der Waals surface area contributed by atoms with E-state index in [9.17, 15) is 19.7 Å². The van der Waals surface area contributed by atoms with E-state index in [1.807, 2.05) is 6.92 Å². The first-order valence-electron chi connectivity index (χ1n) is 8.15. The summed E-state index contributed by atoms with van der Waals surface area (Å²) >= 11 is 0. The molecule has 2 aromatic carbocycles. The summed E-state index contributed by atoms with van der Waals surface area (Å²) in [4.78, 5) is 39.3. The van der Waals surface area contributed by atoms with E-state index in [0.717, 1.165) is 10.6 Å². The van der Waals surface area contributed by atoms with Crippen molar-refractivity contribution in [1.29, 1.82) is 0 Å². The summed E-state index contributed by atoms with van der Waals surface area (Å²) in [6, 6.07) is 10.8. The maximum Gasteiger partial charge on any atom is 0.270 e. The standard InChI is InChI=1S/C18H16N4O5/c1-2-27-16-6-4-3-5-15(16)20-17(23)10-21-11-19-14-8-7-12(22(25)26)9-13(14)18(21)24/h3-9,11H,2,10H2,1H3,(H,20,23). The quantitative estimate of drug-likeness (QED) is 0.527. The highest BCUT2D eigenvalue weighted by Crippen LogP contribution is 2.23. The van der Waals surface area contributed by atoms with Crippen molar-refractivity contribution < 1.29 is 14.5 Å². The number of nitrogens with zero attached hydrogens (tertiary/aromatic N) is 3. The van der Waals surface area contributed by atoms with Crippen LogP contribution in [0.25, 0.3) is 10.9 Å². The van der Waals surface area contributed by atoms with E-state index in [1.54, 1.807) is 24.3 Å². The largest absolute Gasteiger partial charge is 0.492 e. The van der Waals surface area contributed by atoms with Crippen LogP contribution in [0.4, 0.5) is 11.4 Å². The fourth-order valence-electron chi connectivity index (χ4n) is 2.57. The first kappa shape index (κ1) is 18.1. The number of aromatic nitrogens is 2. The second-order valence-electron chi connectivity index (χ2n) is 5.61. The minimum absolute atomic E-state index is 0.0780. The SMILES string of the molecule is CCOc1ccccc1NC(=O)Cn1cnc2ccc([N+](=O)[O-])cc2c1=O. The summed E-state index contributed by atoms with van der Waals surface area (Å²) in [6.07, 6.45) is 1.24. The zero-order valence-corrected chi connectivity index (χ0v) is 14.4. The number of nitrogens with one attached hydrogen (secondary N) is 1. The fraction of sp³-hybridized carbons (Fsp3) is 0.167. The molecule has 3 rings (SSSR count). The number of carbonyl (C=O) groups is 1. The molecule has 0 radical (unpaired) electrons. The Bertz CT molecular complexity index is 1080. The number of nitro benzene ring substituents is 1. The average Bonchev–Trinajstić information content (AvgIpc) is 2.65. The van der Waals surface area contributed by atoms with Gasteiger partial charge < -0.3 is 10.1 Å². The lowest BCUT2D eigenvalue weighted by molar-refractivity contribution is -0.384. The Morgan fingerprint density at radius 3 is 2.81 bits per heavy atom. The Balaban J connectivity index is 1.86. The number of para-hydroxylation sites is 2. The molecular formula is C18H16N4O5. The molecule has 9 nitrogen and oxygen atoms in total. The second-order valence-corrected chi connectivity index (χ2v) is 5.61. The van der Waals surface area contributed by atoms with Crippen LogP contribution in [0.2, 0.25) is 0 Å². The number of nitro groups is 1. The van der Waals surface area contributed by atoms with Gasteiger partial charge in [0.15, 0.2) is 0 Å². The van der Waals surface area contributed by atoms with E-state index in [2.05, 4.69) is 10.3 Å². The molecule has 138 valence electrons. The van der Waals surface area contributed by atoms with Gasteiger partial charge in [-0.2, -0.15) is 0 Å². The Kier molecular flexibility index (Phi) is 5.11. The summed E-state index contributed by atoms with van der Waals surface area (Å²) in [5.41, 5.74) is 0.0666. The summed E-state index contributed by atoms with van der Waals surface area (Å²) < 4.78 is 6.55. The number of benzene rings is 2. The fourth-order valence-corrected chi connectivity index (χ4v) is 2.57. The first-order valence-corrected chi connectivity index (χ1v) is 8.15. The van der Waals surface area contributed by atoms with E-state index in [0.29, 0.717) is 23.6 Å². The Labute approximate surface area is 153 Å². The van der Waals surface area contributed by atoms with Crippen molar-refractivity contribution in [2.75, 3.05) is 11.9 Å². The molecule has 1 N–H and O–H groups in total. The summed E-state index contributed by atoms with van der Waals surface area (Å²) in [7, 11) is 0. The number of hydrogen-bond donors (Lipinski definition) is 1. The van der Waals surface area contributed by atoms with Crippen LogP contribution < -0.4 is 15.6 Å². The molecule has 0 fully saturated rings. The van der Waals surface area contributed by atoms with Crippen molar-refractivity contribution in [1.82, 2.24) is 9.55 Å². The van der Waals surface area contributed by atoms with E-state index >= 15 is 0 Å². The average molecular weight is 368 g/mol. The molecule has 0 spiro atoms. The van der Waals surface area contributed by atoms with Crippen molar-refractivity contribution >= 4 is 28.2 Å². The highest BCUT2D eigenvalue weighted by atomic mass is 16.6. The normalized spacial score (nSPS) is 10.6. The lowest BCUT2D eigenvalue weighted by Crippen LogP contribution is -2.28. The molecule has 0 saturated heterocycles. The summed E-state index contributed by atoms with van der Waals surface area (Å²) in [5, 5.41) is 13.7. The molecule has 0 aliphatic heterocycles. The maximum atomic E-state index is 12.6. The molecular weight excluding hydrogens is 352 g/mol. The molecule has 0 saturated carbocycles. The van der Waals surface area contributed by atoms with Crippen LogP contribution >= 0.6 is 0 Å². The molecule has 27 heavy (non-hydrogen) atoms. The van der Waals surface area contributed by atoms with E-state index in [1.165, 1.54) is 18.5 Å². The molecule has 3 aromatic rings. The molecule has 1 heterocycles. The molecule has 9 heteroatoms. The lowest BCUT2D eigenvalue weighted by Gasteiger charge is -2.12. The number of amides is 1. The van der Waals surface area contributed by atoms with Crippen LogP contribution in [0.15, 0.2) is 53.6 Å². The topological polar surface area (TPSA) is 116 Å². The predicted molar refractivity (Wildman–Crippen MR) is 98.9 cm³/mol. The Morgan fingerprint density at radius 2 is 2.07 bits per heavy atom. The van der Waals surface area contributed by atoms with Crippen LogP contribution in [0.1, 0.15) is 6.92 Å². The summed E-state index contributed by atoms with van der Waals surface area (Å²) in [5.74, 6) is 0.0730. The monoisotopic (exact) mass is 368 g/mol. The molecule has 0 bridgehead atoms. The van der Waals surface area contributed by atoms with Gasteiger partial charge in [0.1, 0.15) is 12.3 Å². The van der Waals surface area contributed by atoms with Gasteiger partial charge >= 0.3 is 0 Å². The molecule has 1 aromatic heterocycles. The van der Waals surface area contributed by atoms with E-state index < -0.39 is 16.4 Å². The molecule has 0 unspecified atom stereocenters. The van der Waals surface area contributed by atoms with Crippen molar-refractivity contribution in [3.05, 3.63) is 69.3 Å². The van der Waals surface area contributed by atoms with Gasteiger partial charge in [0.05, 0.1) is 34.4 Å². The smallest absolute Gasteiger partial charge is 0.270 e. The zero-order chi connectivity index (χ0) is 19.4. The van der Waals surface area contributed by atoms with Crippen LogP contribution in [0.3, 0.4) is 0 Å². The Morgan fingerprint density at radius 1 is 1.30 bits per heavy atom. The van der Waals surface area contributed by atoms with Gasteiger partial charge in [-0.15, -0.1) is 0 Å². The lowest BCUT2D eigenvalue weighted by atomic mass is 10.2.